The van der Waals surface area contributed by atoms with Gasteiger partial charge in [0.2, 0.25) is 5.91 Å². The summed E-state index contributed by atoms with van der Waals surface area (Å²) in [5, 5.41) is 13.5. The third-order valence-corrected chi connectivity index (χ3v) is 4.12. The summed E-state index contributed by atoms with van der Waals surface area (Å²) in [7, 11) is 0. The first-order valence-corrected chi connectivity index (χ1v) is 8.09. The minimum atomic E-state index is -0.823. The molecule has 2 N–H and O–H groups in total. The van der Waals surface area contributed by atoms with E-state index in [1.54, 1.807) is 30.3 Å². The van der Waals surface area contributed by atoms with Gasteiger partial charge in [-0.2, -0.15) is 0 Å². The molecular weight excluding hydrogens is 330 g/mol. The van der Waals surface area contributed by atoms with Crippen LogP contribution in [0.5, 0.6) is 11.5 Å². The summed E-state index contributed by atoms with van der Waals surface area (Å²) in [5.74, 6) is 1.08. The first-order chi connectivity index (χ1) is 11.6. The standard InChI is InChI=1S/C18H18ClNO4/c19-14-4-2-1-3-12(14)10-18(22)20-11-15(21)13-5-6-16-17(9-13)24-8-7-23-16/h1-6,9,15,21H,7-8,10-11H2,(H,20,22)/t15-/m0/s1. The summed E-state index contributed by atoms with van der Waals surface area (Å²) in [6.45, 7) is 1.12. The molecule has 6 heteroatoms. The summed E-state index contributed by atoms with van der Waals surface area (Å²) in [6, 6.07) is 12.5. The maximum Gasteiger partial charge on any atom is 0.224 e. The molecule has 0 saturated carbocycles. The Kier molecular flexibility index (Phi) is 5.23. The number of carbonyl (C=O) groups is 1. The Bertz CT molecular complexity index is 735. The van der Waals surface area contributed by atoms with E-state index in [-0.39, 0.29) is 18.9 Å². The van der Waals surface area contributed by atoms with E-state index in [2.05, 4.69) is 5.32 Å². The minimum Gasteiger partial charge on any atom is -0.486 e. The number of fused-ring (bicyclic) bond motifs is 1. The quantitative estimate of drug-likeness (QED) is 0.872. The van der Waals surface area contributed by atoms with Crippen LogP contribution in [0.25, 0.3) is 0 Å². The van der Waals surface area contributed by atoms with Crippen molar-refractivity contribution in [1.29, 1.82) is 0 Å². The van der Waals surface area contributed by atoms with Gasteiger partial charge < -0.3 is 19.9 Å². The molecule has 0 spiro atoms. The lowest BCUT2D eigenvalue weighted by Gasteiger charge is -2.20. The summed E-state index contributed by atoms with van der Waals surface area (Å²) in [5.41, 5.74) is 1.42. The summed E-state index contributed by atoms with van der Waals surface area (Å²) < 4.78 is 10.9. The minimum absolute atomic E-state index is 0.114. The van der Waals surface area contributed by atoms with Gasteiger partial charge in [0.05, 0.1) is 12.5 Å². The molecule has 0 radical (unpaired) electrons. The van der Waals surface area contributed by atoms with Crippen molar-refractivity contribution in [3.63, 3.8) is 0 Å². The predicted octanol–water partition coefficient (Wildman–Crippen LogP) is 2.50. The van der Waals surface area contributed by atoms with Crippen molar-refractivity contribution in [2.75, 3.05) is 19.8 Å². The Hall–Kier alpha value is -2.24. The van der Waals surface area contributed by atoms with Crippen LogP contribution in [0.15, 0.2) is 42.5 Å². The number of aliphatic hydroxyl groups is 1. The van der Waals surface area contributed by atoms with Crippen molar-refractivity contribution in [3.05, 3.63) is 58.6 Å². The van der Waals surface area contributed by atoms with Crippen molar-refractivity contribution in [2.24, 2.45) is 0 Å². The fraction of sp³-hybridized carbons (Fsp3) is 0.278. The number of rotatable bonds is 5. The van der Waals surface area contributed by atoms with E-state index in [0.29, 0.717) is 35.3 Å². The average Bonchev–Trinajstić information content (AvgIpc) is 2.61. The number of amides is 1. The highest BCUT2D eigenvalue weighted by Gasteiger charge is 2.16. The number of ether oxygens (including phenoxy) is 2. The fourth-order valence-electron chi connectivity index (χ4n) is 2.47. The number of hydrogen-bond acceptors (Lipinski definition) is 4. The number of nitrogens with one attached hydrogen (secondary N) is 1. The molecule has 1 heterocycles. The van der Waals surface area contributed by atoms with E-state index < -0.39 is 6.10 Å². The lowest BCUT2D eigenvalue weighted by molar-refractivity contribution is -0.120. The molecule has 1 amide bonds. The molecule has 0 aliphatic carbocycles. The van der Waals surface area contributed by atoms with Gasteiger partial charge in [-0.25, -0.2) is 0 Å². The van der Waals surface area contributed by atoms with Crippen LogP contribution in [0, 0.1) is 0 Å². The molecule has 3 rings (SSSR count). The number of halogens is 1. The lowest BCUT2D eigenvalue weighted by atomic mass is 10.1. The number of aliphatic hydroxyl groups excluding tert-OH is 1. The predicted molar refractivity (Wildman–Crippen MR) is 90.6 cm³/mol. The number of carbonyl (C=O) groups excluding carboxylic acids is 1. The van der Waals surface area contributed by atoms with Gasteiger partial charge in [0.1, 0.15) is 13.2 Å². The molecule has 126 valence electrons. The molecule has 2 aromatic rings. The van der Waals surface area contributed by atoms with E-state index in [1.807, 2.05) is 12.1 Å². The topological polar surface area (TPSA) is 67.8 Å². The first kappa shape index (κ1) is 16.6. The Morgan fingerprint density at radius 3 is 2.71 bits per heavy atom. The van der Waals surface area contributed by atoms with Crippen molar-refractivity contribution in [3.8, 4) is 11.5 Å². The van der Waals surface area contributed by atoms with E-state index in [4.69, 9.17) is 21.1 Å². The highest BCUT2D eigenvalue weighted by Crippen LogP contribution is 2.32. The third-order valence-electron chi connectivity index (χ3n) is 3.75. The molecule has 2 aromatic carbocycles. The molecule has 0 unspecified atom stereocenters. The van der Waals surface area contributed by atoms with Gasteiger partial charge in [-0.3, -0.25) is 4.79 Å². The van der Waals surface area contributed by atoms with Gasteiger partial charge in [-0.15, -0.1) is 0 Å². The summed E-state index contributed by atoms with van der Waals surface area (Å²) >= 11 is 6.04. The van der Waals surface area contributed by atoms with Crippen LogP contribution in [0.3, 0.4) is 0 Å². The van der Waals surface area contributed by atoms with Crippen LogP contribution in [-0.4, -0.2) is 30.8 Å². The molecule has 1 aliphatic heterocycles. The van der Waals surface area contributed by atoms with Crippen molar-refractivity contribution in [2.45, 2.75) is 12.5 Å². The lowest BCUT2D eigenvalue weighted by Crippen LogP contribution is -2.29. The van der Waals surface area contributed by atoms with E-state index in [9.17, 15) is 9.90 Å². The Balaban J connectivity index is 1.56. The summed E-state index contributed by atoms with van der Waals surface area (Å²) in [6.07, 6.45) is -0.649. The van der Waals surface area contributed by atoms with Crippen LogP contribution in [0.4, 0.5) is 0 Å². The zero-order chi connectivity index (χ0) is 16.9. The van der Waals surface area contributed by atoms with Crippen LogP contribution in [0.1, 0.15) is 17.2 Å². The molecule has 1 atom stereocenters. The van der Waals surface area contributed by atoms with Crippen molar-refractivity contribution in [1.82, 2.24) is 5.32 Å². The first-order valence-electron chi connectivity index (χ1n) is 7.71. The van der Waals surface area contributed by atoms with Crippen molar-refractivity contribution < 1.29 is 19.4 Å². The van der Waals surface area contributed by atoms with Gasteiger partial charge in [0.25, 0.3) is 0 Å². The number of benzene rings is 2. The SMILES string of the molecule is O=C(Cc1ccccc1Cl)NC[C@H](O)c1ccc2c(c1)OCCO2. The molecule has 0 fully saturated rings. The van der Waals surface area contributed by atoms with E-state index in [1.165, 1.54) is 0 Å². The van der Waals surface area contributed by atoms with Crippen LogP contribution in [-0.2, 0) is 11.2 Å². The van der Waals surface area contributed by atoms with Gasteiger partial charge in [0.15, 0.2) is 11.5 Å². The van der Waals surface area contributed by atoms with Crippen molar-refractivity contribution >= 4 is 17.5 Å². The van der Waals surface area contributed by atoms with E-state index >= 15 is 0 Å². The van der Waals surface area contributed by atoms with Crippen LogP contribution in [0.2, 0.25) is 5.02 Å². The Labute approximate surface area is 145 Å². The zero-order valence-electron chi connectivity index (χ0n) is 13.0. The maximum absolute atomic E-state index is 12.0. The Morgan fingerprint density at radius 2 is 1.92 bits per heavy atom. The second-order valence-electron chi connectivity index (χ2n) is 5.49. The largest absolute Gasteiger partial charge is 0.486 e. The van der Waals surface area contributed by atoms with Gasteiger partial charge >= 0.3 is 0 Å². The molecule has 24 heavy (non-hydrogen) atoms. The van der Waals surface area contributed by atoms with E-state index in [0.717, 1.165) is 5.56 Å². The maximum atomic E-state index is 12.0. The third kappa shape index (κ3) is 3.99. The normalized spacial score (nSPS) is 14.1. The van der Waals surface area contributed by atoms with Gasteiger partial charge in [0, 0.05) is 11.6 Å². The molecule has 1 aliphatic rings. The highest BCUT2D eigenvalue weighted by molar-refractivity contribution is 6.31. The fourth-order valence-corrected chi connectivity index (χ4v) is 2.68. The van der Waals surface area contributed by atoms with Gasteiger partial charge in [-0.05, 0) is 29.3 Å². The van der Waals surface area contributed by atoms with Gasteiger partial charge in [-0.1, -0.05) is 35.9 Å². The molecule has 0 bridgehead atoms. The monoisotopic (exact) mass is 347 g/mol. The average molecular weight is 348 g/mol. The Morgan fingerprint density at radius 1 is 1.17 bits per heavy atom. The molecule has 0 saturated heterocycles. The molecular formula is C18H18ClNO4. The van der Waals surface area contributed by atoms with Crippen LogP contribution >= 0.6 is 11.6 Å². The zero-order valence-corrected chi connectivity index (χ0v) is 13.8. The highest BCUT2D eigenvalue weighted by atomic mass is 35.5. The van der Waals surface area contributed by atoms with Crippen LogP contribution < -0.4 is 14.8 Å². The second kappa shape index (κ2) is 7.55. The second-order valence-corrected chi connectivity index (χ2v) is 5.90. The smallest absolute Gasteiger partial charge is 0.224 e. The molecule has 5 nitrogen and oxygen atoms in total. The molecule has 0 aromatic heterocycles. The number of hydrogen-bond donors (Lipinski definition) is 2. The summed E-state index contributed by atoms with van der Waals surface area (Å²) in [4.78, 5) is 12.0.